The molecule has 0 aromatic heterocycles. The van der Waals surface area contributed by atoms with Crippen LogP contribution in [0.15, 0.2) is 46.2 Å². The van der Waals surface area contributed by atoms with Gasteiger partial charge in [-0.3, -0.25) is 9.11 Å². The molecule has 0 amide bonds. The Labute approximate surface area is 140 Å². The van der Waals surface area contributed by atoms with Crippen molar-refractivity contribution in [1.29, 1.82) is 0 Å². The summed E-state index contributed by atoms with van der Waals surface area (Å²) in [6.45, 7) is 3.30. The van der Waals surface area contributed by atoms with Crippen LogP contribution in [0.3, 0.4) is 0 Å². The lowest BCUT2D eigenvalue weighted by Crippen LogP contribution is -2.03. The number of hydrogen-bond donors (Lipinski definition) is 4. The number of anilines is 2. The first-order chi connectivity index (χ1) is 10.8. The fourth-order valence-corrected chi connectivity index (χ4v) is 3.22. The van der Waals surface area contributed by atoms with E-state index < -0.39 is 20.2 Å². The minimum absolute atomic E-state index is 0.0584. The second-order valence-corrected chi connectivity index (χ2v) is 7.80. The Morgan fingerprint density at radius 1 is 0.792 bits per heavy atom. The maximum atomic E-state index is 10.7. The van der Waals surface area contributed by atoms with Gasteiger partial charge in [-0.1, -0.05) is 12.1 Å². The molecule has 2 aromatic carbocycles. The molecule has 0 unspecified atom stereocenters. The standard InChI is InChI=1S/2C7H9NO3S/c1-5-2-3-6(8)4-7(5)12(9,10)11;1-5-2-3-6(8)7(4-5)12(9,10)11/h2*2-4H,8H2,1H3,(H,9,10,11). The van der Waals surface area contributed by atoms with Crippen LogP contribution < -0.4 is 11.5 Å². The summed E-state index contributed by atoms with van der Waals surface area (Å²) in [7, 11) is -8.32. The zero-order valence-corrected chi connectivity index (χ0v) is 14.6. The van der Waals surface area contributed by atoms with E-state index in [0.717, 1.165) is 5.56 Å². The van der Waals surface area contributed by atoms with Gasteiger partial charge in [0.25, 0.3) is 20.2 Å². The number of rotatable bonds is 2. The van der Waals surface area contributed by atoms with Gasteiger partial charge in [0.1, 0.15) is 4.90 Å². The highest BCUT2D eigenvalue weighted by Crippen LogP contribution is 2.19. The van der Waals surface area contributed by atoms with Crippen molar-refractivity contribution in [2.24, 2.45) is 0 Å². The molecule has 0 saturated carbocycles. The zero-order chi connectivity index (χ0) is 18.7. The van der Waals surface area contributed by atoms with E-state index in [1.165, 1.54) is 18.2 Å². The Hall–Kier alpha value is -2.14. The van der Waals surface area contributed by atoms with Crippen LogP contribution in [-0.4, -0.2) is 25.9 Å². The minimum atomic E-state index is -4.18. The molecule has 0 saturated heterocycles. The monoisotopic (exact) mass is 374 g/mol. The molecule has 2 aromatic rings. The van der Waals surface area contributed by atoms with Crippen molar-refractivity contribution in [2.75, 3.05) is 11.5 Å². The summed E-state index contributed by atoms with van der Waals surface area (Å²) in [4.78, 5) is -0.370. The molecule has 0 spiro atoms. The largest absolute Gasteiger partial charge is 0.399 e. The van der Waals surface area contributed by atoms with Crippen molar-refractivity contribution >= 4 is 31.6 Å². The fourth-order valence-electron chi connectivity index (χ4n) is 1.76. The van der Waals surface area contributed by atoms with Crippen LogP contribution >= 0.6 is 0 Å². The highest BCUT2D eigenvalue weighted by molar-refractivity contribution is 7.86. The summed E-state index contributed by atoms with van der Waals surface area (Å²) in [5, 5.41) is 0. The molecule has 0 bridgehead atoms. The van der Waals surface area contributed by atoms with Crippen LogP contribution in [0.4, 0.5) is 11.4 Å². The van der Waals surface area contributed by atoms with Gasteiger partial charge in [0.15, 0.2) is 0 Å². The van der Waals surface area contributed by atoms with Crippen molar-refractivity contribution in [3.8, 4) is 0 Å². The number of nitrogen functional groups attached to an aromatic ring is 2. The van der Waals surface area contributed by atoms with E-state index in [0.29, 0.717) is 11.3 Å². The van der Waals surface area contributed by atoms with Gasteiger partial charge in [-0.2, -0.15) is 16.8 Å². The lowest BCUT2D eigenvalue weighted by atomic mass is 10.2. The van der Waals surface area contributed by atoms with E-state index in [-0.39, 0.29) is 15.5 Å². The van der Waals surface area contributed by atoms with Crippen LogP contribution in [0.5, 0.6) is 0 Å². The van der Waals surface area contributed by atoms with Crippen LogP contribution in [0.25, 0.3) is 0 Å². The molecule has 6 N–H and O–H groups in total. The van der Waals surface area contributed by atoms with Gasteiger partial charge in [0.05, 0.1) is 10.6 Å². The summed E-state index contributed by atoms with van der Waals surface area (Å²) in [6.07, 6.45) is 0. The molecule has 0 fully saturated rings. The minimum Gasteiger partial charge on any atom is -0.399 e. The summed E-state index contributed by atoms with van der Waals surface area (Å²) >= 11 is 0. The third-order valence-corrected chi connectivity index (χ3v) is 4.84. The Kier molecular flexibility index (Phi) is 5.95. The average Bonchev–Trinajstić information content (AvgIpc) is 2.42. The first-order valence-electron chi connectivity index (χ1n) is 6.49. The van der Waals surface area contributed by atoms with Gasteiger partial charge in [0.2, 0.25) is 0 Å². The maximum Gasteiger partial charge on any atom is 0.296 e. The van der Waals surface area contributed by atoms with Crippen molar-refractivity contribution in [1.82, 2.24) is 0 Å². The molecule has 24 heavy (non-hydrogen) atoms. The molecular weight excluding hydrogens is 356 g/mol. The Bertz CT molecular complexity index is 874. The SMILES string of the molecule is Cc1ccc(N)c(S(=O)(=O)O)c1.Cc1ccc(N)cc1S(=O)(=O)O. The molecule has 132 valence electrons. The van der Waals surface area contributed by atoms with E-state index in [9.17, 15) is 16.8 Å². The van der Waals surface area contributed by atoms with Crippen molar-refractivity contribution < 1.29 is 25.9 Å². The van der Waals surface area contributed by atoms with Crippen molar-refractivity contribution in [2.45, 2.75) is 23.6 Å². The normalized spacial score (nSPS) is 11.5. The van der Waals surface area contributed by atoms with Crippen molar-refractivity contribution in [3.05, 3.63) is 47.5 Å². The van der Waals surface area contributed by atoms with E-state index in [4.69, 9.17) is 20.6 Å². The molecule has 0 aliphatic rings. The fraction of sp³-hybridized carbons (Fsp3) is 0.143. The highest BCUT2D eigenvalue weighted by Gasteiger charge is 2.13. The number of benzene rings is 2. The number of nitrogens with two attached hydrogens (primary N) is 2. The van der Waals surface area contributed by atoms with Gasteiger partial charge in [-0.25, -0.2) is 0 Å². The predicted molar refractivity (Wildman–Crippen MR) is 90.8 cm³/mol. The maximum absolute atomic E-state index is 10.7. The Balaban J connectivity index is 0.000000240. The third kappa shape index (κ3) is 5.49. The first kappa shape index (κ1) is 19.9. The molecule has 0 heterocycles. The smallest absolute Gasteiger partial charge is 0.296 e. The molecule has 8 nitrogen and oxygen atoms in total. The zero-order valence-electron chi connectivity index (χ0n) is 13.0. The molecule has 0 radical (unpaired) electrons. The Morgan fingerprint density at radius 3 is 1.75 bits per heavy atom. The molecular formula is C14H18N2O6S2. The van der Waals surface area contributed by atoms with Gasteiger partial charge in [0, 0.05) is 5.69 Å². The highest BCUT2D eigenvalue weighted by atomic mass is 32.2. The lowest BCUT2D eigenvalue weighted by molar-refractivity contribution is 0.480. The quantitative estimate of drug-likeness (QED) is 0.455. The second kappa shape index (κ2) is 7.18. The van der Waals surface area contributed by atoms with Gasteiger partial charge in [-0.05, 0) is 49.2 Å². The summed E-state index contributed by atoms with van der Waals surface area (Å²) in [6, 6.07) is 8.78. The van der Waals surface area contributed by atoms with Gasteiger partial charge in [-0.15, -0.1) is 0 Å². The van der Waals surface area contributed by atoms with Crippen LogP contribution in [0.2, 0.25) is 0 Å². The Morgan fingerprint density at radius 2 is 1.33 bits per heavy atom. The molecule has 10 heteroatoms. The topological polar surface area (TPSA) is 161 Å². The van der Waals surface area contributed by atoms with Crippen molar-refractivity contribution in [3.63, 3.8) is 0 Å². The summed E-state index contributed by atoms with van der Waals surface area (Å²) in [5.74, 6) is 0. The van der Waals surface area contributed by atoms with E-state index in [2.05, 4.69) is 0 Å². The molecule has 0 aliphatic carbocycles. The van der Waals surface area contributed by atoms with E-state index >= 15 is 0 Å². The van der Waals surface area contributed by atoms with E-state index in [1.807, 2.05) is 0 Å². The summed E-state index contributed by atoms with van der Waals surface area (Å²) in [5.41, 5.74) is 12.3. The van der Waals surface area contributed by atoms with E-state index in [1.54, 1.807) is 32.0 Å². The van der Waals surface area contributed by atoms with Gasteiger partial charge >= 0.3 is 0 Å². The van der Waals surface area contributed by atoms with Crippen LogP contribution in [-0.2, 0) is 20.2 Å². The third-order valence-electron chi connectivity index (χ3n) is 2.94. The molecule has 2 rings (SSSR count). The second-order valence-electron chi connectivity index (χ2n) is 5.02. The number of hydrogen-bond acceptors (Lipinski definition) is 6. The van der Waals surface area contributed by atoms with Crippen LogP contribution in [0.1, 0.15) is 11.1 Å². The molecule has 0 aliphatic heterocycles. The number of aryl methyl sites for hydroxylation is 2. The first-order valence-corrected chi connectivity index (χ1v) is 9.37. The lowest BCUT2D eigenvalue weighted by Gasteiger charge is -2.02. The van der Waals surface area contributed by atoms with Crippen LogP contribution in [0, 0.1) is 13.8 Å². The predicted octanol–water partition coefficient (Wildman–Crippen LogP) is 1.65. The average molecular weight is 374 g/mol. The van der Waals surface area contributed by atoms with Gasteiger partial charge < -0.3 is 11.5 Å². The molecule has 0 atom stereocenters. The summed E-state index contributed by atoms with van der Waals surface area (Å²) < 4.78 is 60.2.